The van der Waals surface area contributed by atoms with Crippen LogP contribution >= 0.6 is 0 Å². The molecule has 17 heteroatoms. The van der Waals surface area contributed by atoms with Crippen molar-refractivity contribution in [3.8, 4) is 23.0 Å². The molecule has 3 aromatic rings. The highest BCUT2D eigenvalue weighted by atomic mass is 19.4. The third kappa shape index (κ3) is 7.64. The first-order valence-corrected chi connectivity index (χ1v) is 16.2. The number of fused-ring (bicyclic) bond motifs is 1. The normalized spacial score (nSPS) is 19.8. The molecule has 2 saturated heterocycles. The van der Waals surface area contributed by atoms with Crippen LogP contribution in [0.3, 0.4) is 0 Å². The number of hydrogen-bond donors (Lipinski definition) is 2. The number of alkyl halides is 6. The minimum Gasteiger partial charge on any atom is -0.509 e. The van der Waals surface area contributed by atoms with E-state index < -0.39 is 87.3 Å². The first kappa shape index (κ1) is 37.5. The molecule has 2 amide bonds. The van der Waals surface area contributed by atoms with Crippen LogP contribution in [0.5, 0.6) is 0 Å². The first-order chi connectivity index (χ1) is 25.0. The number of pyridine rings is 1. The van der Waals surface area contributed by atoms with Gasteiger partial charge in [-0.3, -0.25) is 24.5 Å². The largest absolute Gasteiger partial charge is 0.509 e. The average molecular weight is 748 g/mol. The summed E-state index contributed by atoms with van der Waals surface area (Å²) in [4.78, 5) is 33.0. The van der Waals surface area contributed by atoms with E-state index in [1.807, 2.05) is 11.0 Å². The molecule has 0 saturated carbocycles. The molecule has 2 N–H and O–H groups in total. The van der Waals surface area contributed by atoms with Gasteiger partial charge in [0.2, 0.25) is 0 Å². The number of carbonyl (C=O) groups excluding carboxylic acids is 2. The first-order valence-electron chi connectivity index (χ1n) is 16.2. The fourth-order valence-corrected chi connectivity index (χ4v) is 6.36. The SMILES string of the molecule is CC12CCCN1N(Cc1c(F)cc(C#CCN3CCOCC3)cc1F)C(=O)C(C(=O)Nc1c#cc(C(F)(F)F)cc1-c1ccc(C(F)(F)F)nc1)=C2O. The summed E-state index contributed by atoms with van der Waals surface area (Å²) in [5.74, 6) is 0.339. The van der Waals surface area contributed by atoms with E-state index in [-0.39, 0.29) is 24.1 Å². The van der Waals surface area contributed by atoms with E-state index >= 15 is 8.78 Å². The van der Waals surface area contributed by atoms with Crippen molar-refractivity contribution in [1.82, 2.24) is 19.9 Å². The van der Waals surface area contributed by atoms with Gasteiger partial charge in [-0.1, -0.05) is 24.0 Å². The van der Waals surface area contributed by atoms with Crippen LogP contribution < -0.4 is 5.32 Å². The maximum Gasteiger partial charge on any atom is 0.433 e. The molecular weight excluding hydrogens is 718 g/mol. The van der Waals surface area contributed by atoms with Crippen LogP contribution in [-0.4, -0.2) is 81.8 Å². The molecule has 6 rings (SSSR count). The predicted octanol–water partition coefficient (Wildman–Crippen LogP) is 5.91. The van der Waals surface area contributed by atoms with Gasteiger partial charge >= 0.3 is 12.4 Å². The van der Waals surface area contributed by atoms with Gasteiger partial charge in [0.15, 0.2) is 0 Å². The number of halogens is 8. The molecule has 278 valence electrons. The monoisotopic (exact) mass is 747 g/mol. The molecule has 2 aromatic carbocycles. The number of hydrazine groups is 1. The second kappa shape index (κ2) is 14.3. The van der Waals surface area contributed by atoms with E-state index in [9.17, 15) is 41.0 Å². The molecule has 0 bridgehead atoms. The molecule has 1 atom stereocenters. The van der Waals surface area contributed by atoms with Crippen LogP contribution in [0.15, 0.2) is 47.9 Å². The Labute approximate surface area is 297 Å². The zero-order valence-electron chi connectivity index (χ0n) is 27.8. The summed E-state index contributed by atoms with van der Waals surface area (Å²) < 4.78 is 116. The Hall–Kier alpha value is -5.23. The van der Waals surface area contributed by atoms with Gasteiger partial charge in [0, 0.05) is 48.1 Å². The lowest BCUT2D eigenvalue weighted by Gasteiger charge is -2.46. The lowest BCUT2D eigenvalue weighted by atomic mass is 9.90. The topological polar surface area (TPSA) is 98.2 Å². The van der Waals surface area contributed by atoms with E-state index in [2.05, 4.69) is 28.2 Å². The quantitative estimate of drug-likeness (QED) is 0.184. The molecule has 2 fully saturated rings. The smallest absolute Gasteiger partial charge is 0.433 e. The molecular formula is C36H29F8N5O4. The van der Waals surface area contributed by atoms with Gasteiger partial charge in [-0.2, -0.15) is 26.3 Å². The number of morpholine rings is 1. The third-order valence-corrected chi connectivity index (χ3v) is 9.19. The molecule has 3 aliphatic rings. The molecule has 9 nitrogen and oxygen atoms in total. The van der Waals surface area contributed by atoms with Crippen molar-refractivity contribution < 1.29 is 54.6 Å². The van der Waals surface area contributed by atoms with Crippen molar-refractivity contribution in [2.24, 2.45) is 0 Å². The van der Waals surface area contributed by atoms with E-state index in [1.165, 1.54) is 11.9 Å². The number of nitrogens with one attached hydrogen (secondary N) is 1. The number of aliphatic hydroxyl groups excluding tert-OH is 1. The van der Waals surface area contributed by atoms with Gasteiger partial charge in [-0.05, 0) is 50.1 Å². The Morgan fingerprint density at radius 3 is 2.36 bits per heavy atom. The van der Waals surface area contributed by atoms with Crippen molar-refractivity contribution in [2.75, 3.05) is 44.7 Å². The Kier molecular flexibility index (Phi) is 10.1. The van der Waals surface area contributed by atoms with Gasteiger partial charge in [0.1, 0.15) is 39.9 Å². The van der Waals surface area contributed by atoms with Gasteiger partial charge in [-0.25, -0.2) is 13.8 Å². The standard InChI is InChI=1S/C36H29F8N5O4/c1-34-9-3-11-49(34)48(20-25-26(37)16-21(17-27(25)38)4-2-10-47-12-14-53-15-13-47)33(52)30(31(34)50)32(51)46-28-7-6-23(35(39,40)41)18-24(28)22-5-8-29(45-19-22)36(42,43)44/h5,8,16-19,50H,3,9-15,20H2,1H3,(H,46,51). The number of ether oxygens (including phenoxy) is 1. The van der Waals surface area contributed by atoms with Gasteiger partial charge in [0.05, 0.1) is 31.8 Å². The highest BCUT2D eigenvalue weighted by Crippen LogP contribution is 2.42. The van der Waals surface area contributed by atoms with E-state index in [4.69, 9.17) is 4.74 Å². The Morgan fingerprint density at radius 2 is 1.74 bits per heavy atom. The summed E-state index contributed by atoms with van der Waals surface area (Å²) in [5, 5.41) is 15.9. The van der Waals surface area contributed by atoms with E-state index in [1.54, 1.807) is 0 Å². The van der Waals surface area contributed by atoms with Gasteiger partial charge in [-0.15, -0.1) is 0 Å². The number of benzene rings is 1. The fraction of sp³-hybridized carbons (Fsp3) is 0.361. The highest BCUT2D eigenvalue weighted by molar-refractivity contribution is 6.24. The average Bonchev–Trinajstić information content (AvgIpc) is 3.50. The molecule has 53 heavy (non-hydrogen) atoms. The summed E-state index contributed by atoms with van der Waals surface area (Å²) in [6, 6.07) is 7.86. The van der Waals surface area contributed by atoms with Crippen molar-refractivity contribution in [3.05, 3.63) is 94.0 Å². The third-order valence-electron chi connectivity index (χ3n) is 9.19. The second-order valence-electron chi connectivity index (χ2n) is 12.7. The van der Waals surface area contributed by atoms with Crippen molar-refractivity contribution in [1.29, 1.82) is 0 Å². The molecule has 3 aliphatic heterocycles. The zero-order chi connectivity index (χ0) is 38.3. The Balaban J connectivity index is 1.30. The van der Waals surface area contributed by atoms with E-state index in [0.29, 0.717) is 57.6 Å². The number of carbonyl (C=O) groups is 2. The number of nitrogens with zero attached hydrogens (tertiary/aromatic N) is 4. The van der Waals surface area contributed by atoms with Crippen molar-refractivity contribution >= 4 is 17.5 Å². The second-order valence-corrected chi connectivity index (χ2v) is 12.7. The summed E-state index contributed by atoms with van der Waals surface area (Å²) in [7, 11) is 0. The molecule has 1 aromatic heterocycles. The van der Waals surface area contributed by atoms with Crippen molar-refractivity contribution in [2.45, 2.75) is 44.2 Å². The van der Waals surface area contributed by atoms with E-state index in [0.717, 1.165) is 23.2 Å². The zero-order valence-corrected chi connectivity index (χ0v) is 27.8. The number of aromatic nitrogens is 1. The highest BCUT2D eigenvalue weighted by Gasteiger charge is 2.53. The number of rotatable bonds is 6. The summed E-state index contributed by atoms with van der Waals surface area (Å²) in [6.07, 6.45) is -8.57. The van der Waals surface area contributed by atoms with Gasteiger partial charge < -0.3 is 15.2 Å². The molecule has 0 radical (unpaired) electrons. The fourth-order valence-electron chi connectivity index (χ4n) is 6.36. The lowest BCUT2D eigenvalue weighted by Crippen LogP contribution is -2.60. The number of aliphatic hydroxyl groups is 1. The molecule has 4 heterocycles. The number of anilines is 1. The van der Waals surface area contributed by atoms with Crippen molar-refractivity contribution in [3.63, 3.8) is 0 Å². The number of hydrogen-bond acceptors (Lipinski definition) is 7. The summed E-state index contributed by atoms with van der Waals surface area (Å²) >= 11 is 0. The molecule has 0 spiro atoms. The molecule has 1 unspecified atom stereocenters. The maximum atomic E-state index is 15.5. The maximum absolute atomic E-state index is 15.5. The van der Waals surface area contributed by atoms with Crippen LogP contribution in [0.1, 0.15) is 42.1 Å². The summed E-state index contributed by atoms with van der Waals surface area (Å²) in [5.41, 5.74) is -6.76. The summed E-state index contributed by atoms with van der Waals surface area (Å²) in [6.45, 7) is 3.73. The van der Waals surface area contributed by atoms with Crippen LogP contribution in [-0.2, 0) is 33.2 Å². The number of amides is 2. The van der Waals surface area contributed by atoms with Crippen LogP contribution in [0, 0.1) is 35.6 Å². The Morgan fingerprint density at radius 1 is 1.04 bits per heavy atom. The molecule has 0 aliphatic carbocycles. The van der Waals surface area contributed by atoms with Crippen LogP contribution in [0.4, 0.5) is 40.8 Å². The minimum atomic E-state index is -4.97. The van der Waals surface area contributed by atoms with Gasteiger partial charge in [0.25, 0.3) is 11.8 Å². The lowest BCUT2D eigenvalue weighted by molar-refractivity contribution is -0.160. The minimum absolute atomic E-state index is 0.0502. The Bertz CT molecular complexity index is 1990. The van der Waals surface area contributed by atoms with Crippen LogP contribution in [0.2, 0.25) is 0 Å². The predicted molar refractivity (Wildman–Crippen MR) is 171 cm³/mol. The van der Waals surface area contributed by atoms with Crippen LogP contribution in [0.25, 0.3) is 11.1 Å².